The van der Waals surface area contributed by atoms with Crippen LogP contribution in [0.1, 0.15) is 20.7 Å². The fraction of sp³-hybridized carbons (Fsp3) is 0.290. The summed E-state index contributed by atoms with van der Waals surface area (Å²) in [4.78, 5) is 89.6. The number of nitro groups is 2. The first-order valence-electron chi connectivity index (χ1n) is 28.2. The average Bonchev–Trinajstić information content (AvgIpc) is 0.910. The molecule has 4 saturated heterocycles. The van der Waals surface area contributed by atoms with Crippen molar-refractivity contribution in [3.8, 4) is 0 Å². The summed E-state index contributed by atoms with van der Waals surface area (Å²) in [6.07, 6.45) is 6.26. The van der Waals surface area contributed by atoms with Gasteiger partial charge in [-0.3, -0.25) is 29.8 Å². The molecule has 472 valence electrons. The smallest absolute Gasteiger partial charge is 0.379 e. The molecule has 0 radical (unpaired) electrons. The van der Waals surface area contributed by atoms with E-state index in [0.717, 1.165) is 128 Å². The van der Waals surface area contributed by atoms with E-state index in [9.17, 15) is 39.4 Å². The summed E-state index contributed by atoms with van der Waals surface area (Å²) in [5.41, 5.74) is 8.86. The fourth-order valence-electron chi connectivity index (χ4n) is 9.00. The maximum Gasteiger partial charge on any atom is 0.379 e. The van der Waals surface area contributed by atoms with Crippen LogP contribution in [-0.4, -0.2) is 173 Å². The first-order valence-corrected chi connectivity index (χ1v) is 29.3. The minimum Gasteiger partial charge on any atom is -0.463 e. The van der Waals surface area contributed by atoms with Gasteiger partial charge >= 0.3 is 11.9 Å². The lowest BCUT2D eigenvalue weighted by molar-refractivity contribution is -0.385. The van der Waals surface area contributed by atoms with Crippen LogP contribution in [0.5, 0.6) is 0 Å². The van der Waals surface area contributed by atoms with E-state index in [1.165, 1.54) is 50.9 Å². The van der Waals surface area contributed by atoms with Crippen molar-refractivity contribution in [3.63, 3.8) is 0 Å². The molecule has 28 heteroatoms. The van der Waals surface area contributed by atoms with Gasteiger partial charge < -0.3 is 59.5 Å². The number of fused-ring (bicyclic) bond motifs is 2. The number of halogens is 2. The van der Waals surface area contributed by atoms with Crippen molar-refractivity contribution >= 4 is 118 Å². The molecule has 4 aromatic heterocycles. The number of methoxy groups -OCH3 is 2. The minimum absolute atomic E-state index is 0.0417. The summed E-state index contributed by atoms with van der Waals surface area (Å²) in [5.74, 6) is -0.529. The molecule has 0 amide bonds. The highest BCUT2D eigenvalue weighted by molar-refractivity contribution is 9.10. The fourth-order valence-corrected chi connectivity index (χ4v) is 9.64. The zero-order valence-corrected chi connectivity index (χ0v) is 51.6. The van der Waals surface area contributed by atoms with Crippen molar-refractivity contribution in [2.75, 3.05) is 145 Å². The minimum atomic E-state index is -0.875. The van der Waals surface area contributed by atoms with E-state index in [2.05, 4.69) is 65.8 Å². The Morgan fingerprint density at radius 1 is 0.544 bits per heavy atom. The van der Waals surface area contributed by atoms with Crippen LogP contribution in [0.2, 0.25) is 5.15 Å². The van der Waals surface area contributed by atoms with Crippen molar-refractivity contribution in [1.29, 1.82) is 0 Å². The van der Waals surface area contributed by atoms with Gasteiger partial charge in [0.05, 0.1) is 89.1 Å². The standard InChI is InChI=1S/C22H21N3O4.C13H9BrO3.C9H11N3O3.C9H13N3O.C5H3ClN2O2.C4H9NO/c1-28-22(27)21(26)18-6-7-19(17-5-3-2-4-16(17)18)24-15-8-9-23-20(14-15)25-10-12-29-13-11-25;1-17-13(16)12(15)10-6-7-11(14)9-5-3-2-4-8(9)10;13-12(14)8-1-2-10-9(7-8)11-3-5-15-6-4-11;10-8-1-2-11-9(7-8)12-3-5-13-6-4-12;6-5-3-4(8(9)10)1-2-7-5;1-3-6-4-2-5-1/h2-9,14H,10-13H2,1H3,(H,23,24);2-7H,1H3;1-2,7H,3-6H2;1-2,7H,3-6H2,(H2,10,11);1-3H;5H,1-4H2. The van der Waals surface area contributed by atoms with Crippen LogP contribution in [-0.2, 0) is 38.0 Å². The summed E-state index contributed by atoms with van der Waals surface area (Å²) in [5, 5.41) is 30.5. The molecule has 4 fully saturated rings. The molecule has 4 aromatic carbocycles. The van der Waals surface area contributed by atoms with Gasteiger partial charge in [0.25, 0.3) is 22.9 Å². The topological polar surface area (TPSA) is 321 Å². The van der Waals surface area contributed by atoms with Crippen LogP contribution in [0.3, 0.4) is 0 Å². The van der Waals surface area contributed by atoms with E-state index in [0.29, 0.717) is 48.8 Å². The molecule has 90 heavy (non-hydrogen) atoms. The van der Waals surface area contributed by atoms with E-state index in [-0.39, 0.29) is 16.5 Å². The lowest BCUT2D eigenvalue weighted by Crippen LogP contribution is -2.36. The molecule has 0 saturated carbocycles. The highest BCUT2D eigenvalue weighted by Crippen LogP contribution is 2.31. The van der Waals surface area contributed by atoms with Crippen LogP contribution in [0.15, 0.2) is 151 Å². The first-order chi connectivity index (χ1) is 43.6. The maximum absolute atomic E-state index is 12.4. The molecule has 26 nitrogen and oxygen atoms in total. The summed E-state index contributed by atoms with van der Waals surface area (Å²) < 4.78 is 30.8. The number of nitrogens with two attached hydrogens (primary N) is 1. The Labute approximate surface area is 531 Å². The number of carbonyl (C=O) groups is 4. The Bertz CT molecular complexity index is 3710. The monoisotopic (exact) mass is 1320 g/mol. The van der Waals surface area contributed by atoms with Crippen LogP contribution in [0, 0.1) is 20.2 Å². The maximum atomic E-state index is 12.4. The van der Waals surface area contributed by atoms with E-state index in [4.69, 9.17) is 36.3 Å². The van der Waals surface area contributed by atoms with Gasteiger partial charge in [-0.15, -0.1) is 0 Å². The molecule has 0 spiro atoms. The number of esters is 2. The van der Waals surface area contributed by atoms with E-state index in [1.807, 2.05) is 65.6 Å². The van der Waals surface area contributed by atoms with Gasteiger partial charge in [-0.05, 0) is 52.6 Å². The van der Waals surface area contributed by atoms with Gasteiger partial charge in [-0.2, -0.15) is 0 Å². The van der Waals surface area contributed by atoms with Gasteiger partial charge in [0.1, 0.15) is 22.6 Å². The second-order valence-corrected chi connectivity index (χ2v) is 20.6. The lowest BCUT2D eigenvalue weighted by atomic mass is 9.99. The molecule has 4 aliphatic rings. The van der Waals surface area contributed by atoms with Gasteiger partial charge in [-0.25, -0.2) is 29.5 Å². The number of nitrogens with one attached hydrogen (secondary N) is 2. The van der Waals surface area contributed by atoms with E-state index < -0.39 is 33.4 Å². The van der Waals surface area contributed by atoms with Crippen molar-refractivity contribution < 1.29 is 57.4 Å². The van der Waals surface area contributed by atoms with Gasteiger partial charge in [0.15, 0.2) is 0 Å². The van der Waals surface area contributed by atoms with E-state index >= 15 is 0 Å². The number of hydrogen-bond donors (Lipinski definition) is 3. The number of benzene rings is 4. The molecule has 4 aliphatic heterocycles. The lowest BCUT2D eigenvalue weighted by Gasteiger charge is -2.28. The normalized spacial score (nSPS) is 14.3. The molecule has 0 atom stereocenters. The second-order valence-electron chi connectivity index (χ2n) is 19.3. The quantitative estimate of drug-likeness (QED) is 0.0272. The first kappa shape index (κ1) is 68.1. The number of pyridine rings is 4. The van der Waals surface area contributed by atoms with Gasteiger partial charge in [0.2, 0.25) is 0 Å². The molecule has 0 unspecified atom stereocenters. The number of carbonyl (C=O) groups excluding carboxylic acids is 4. The number of morpholine rings is 4. The number of hydrogen-bond acceptors (Lipinski definition) is 24. The molecule has 4 N–H and O–H groups in total. The number of nitrogen functional groups attached to an aromatic ring is 1. The molecule has 0 aliphatic carbocycles. The van der Waals surface area contributed by atoms with Crippen LogP contribution < -0.4 is 31.1 Å². The highest BCUT2D eigenvalue weighted by atomic mass is 79.9. The third-order valence-electron chi connectivity index (χ3n) is 13.5. The molecular weight excluding hydrogens is 1250 g/mol. The average molecular weight is 1320 g/mol. The molecule has 8 heterocycles. The van der Waals surface area contributed by atoms with Crippen LogP contribution >= 0.6 is 27.5 Å². The van der Waals surface area contributed by atoms with Gasteiger partial charge in [-0.1, -0.05) is 76.1 Å². The molecular formula is C62H66BrClN12O14. The number of rotatable bonds is 11. The summed E-state index contributed by atoms with van der Waals surface area (Å²) in [6, 6.07) is 34.6. The van der Waals surface area contributed by atoms with Crippen molar-refractivity contribution in [2.24, 2.45) is 0 Å². The number of nitrogens with zero attached hydrogens (tertiary/aromatic N) is 9. The number of anilines is 6. The summed E-state index contributed by atoms with van der Waals surface area (Å²) in [7, 11) is 2.40. The zero-order valence-electron chi connectivity index (χ0n) is 49.2. The van der Waals surface area contributed by atoms with Crippen LogP contribution in [0.25, 0.3) is 21.5 Å². The van der Waals surface area contributed by atoms with Crippen molar-refractivity contribution in [1.82, 2.24) is 25.3 Å². The Morgan fingerprint density at radius 3 is 1.42 bits per heavy atom. The Hall–Kier alpha value is -9.35. The molecule has 8 aromatic rings. The number of ketones is 2. The van der Waals surface area contributed by atoms with Crippen molar-refractivity contribution in [3.05, 3.63) is 187 Å². The Kier molecular flexibility index (Phi) is 27.0. The second kappa shape index (κ2) is 35.6. The predicted molar refractivity (Wildman–Crippen MR) is 344 cm³/mol. The Morgan fingerprint density at radius 2 is 0.967 bits per heavy atom. The van der Waals surface area contributed by atoms with Gasteiger partial charge in [0, 0.05) is 139 Å². The highest BCUT2D eigenvalue weighted by Gasteiger charge is 2.22. The molecule has 12 rings (SSSR count). The molecule has 0 bridgehead atoms. The number of ether oxygens (including phenoxy) is 6. The third-order valence-corrected chi connectivity index (χ3v) is 14.4. The SMILES string of the molecule is C1COCCN1.COC(=O)C(=O)c1ccc(Br)c2ccccc12.COC(=O)C(=O)c1ccc(Nc2ccnc(N3CCOCC3)c2)c2ccccc12.Nc1ccnc(N2CCOCC2)c1.O=[N+]([O-])c1ccnc(Cl)c1.O=[N+]([O-])c1ccnc(N2CCOCC2)c1. The summed E-state index contributed by atoms with van der Waals surface area (Å²) >= 11 is 8.78. The predicted octanol–water partition coefficient (Wildman–Crippen LogP) is 8.70. The zero-order chi connectivity index (χ0) is 64.2. The van der Waals surface area contributed by atoms with Crippen molar-refractivity contribution in [2.45, 2.75) is 0 Å². The number of Topliss-reactive ketones (excluding diaryl/α,β-unsaturated/α-hetero) is 2. The third kappa shape index (κ3) is 20.4. The van der Waals surface area contributed by atoms with E-state index in [1.54, 1.807) is 48.8 Å². The largest absolute Gasteiger partial charge is 0.463 e. The van der Waals surface area contributed by atoms with Crippen LogP contribution in [0.4, 0.5) is 45.9 Å². The Balaban J connectivity index is 0.000000164. The number of aromatic nitrogens is 4. The summed E-state index contributed by atoms with van der Waals surface area (Å²) in [6.45, 7) is 12.9.